The van der Waals surface area contributed by atoms with Gasteiger partial charge in [-0.2, -0.15) is 5.10 Å². The fraction of sp³-hybridized carbons (Fsp3) is 0.267. The molecule has 0 fully saturated rings. The van der Waals surface area contributed by atoms with E-state index in [-0.39, 0.29) is 17.9 Å². The Morgan fingerprint density at radius 1 is 1.30 bits per heavy atom. The van der Waals surface area contributed by atoms with Crippen LogP contribution in [-0.2, 0) is 11.3 Å². The number of aryl methyl sites for hydroxylation is 1. The first-order chi connectivity index (χ1) is 9.72. The number of hydrogen-bond donors (Lipinski definition) is 1. The lowest BCUT2D eigenvalue weighted by molar-refractivity contribution is 0.0470. The van der Waals surface area contributed by atoms with E-state index in [1.165, 1.54) is 0 Å². The van der Waals surface area contributed by atoms with E-state index in [1.807, 2.05) is 44.2 Å². The van der Waals surface area contributed by atoms with Crippen LogP contribution >= 0.6 is 0 Å². The summed E-state index contributed by atoms with van der Waals surface area (Å²) >= 11 is 0. The first-order valence-corrected chi connectivity index (χ1v) is 6.43. The van der Waals surface area contributed by atoms with E-state index in [9.17, 15) is 9.59 Å². The minimum atomic E-state index is -0.549. The topological polar surface area (TPSA) is 72.0 Å². The molecule has 2 aromatic rings. The molecule has 1 N–H and O–H groups in total. The van der Waals surface area contributed by atoms with Crippen LogP contribution in [0.3, 0.4) is 0 Å². The minimum Gasteiger partial charge on any atom is -0.457 e. The van der Waals surface area contributed by atoms with Crippen LogP contribution in [0.4, 0.5) is 0 Å². The van der Waals surface area contributed by atoms with Gasteiger partial charge in [-0.25, -0.2) is 4.79 Å². The fourth-order valence-corrected chi connectivity index (χ4v) is 1.59. The molecule has 5 heteroatoms. The Balaban J connectivity index is 0.000000956. The Kier molecular flexibility index (Phi) is 6.16. The molecule has 1 heterocycles. The zero-order valence-electron chi connectivity index (χ0n) is 11.8. The summed E-state index contributed by atoms with van der Waals surface area (Å²) in [5, 5.41) is 6.30. The molecule has 0 unspecified atom stereocenters. The lowest BCUT2D eigenvalue weighted by Crippen LogP contribution is -2.08. The molecule has 0 aliphatic rings. The Labute approximate surface area is 118 Å². The molecule has 0 bridgehead atoms. The zero-order chi connectivity index (χ0) is 15.0. The summed E-state index contributed by atoms with van der Waals surface area (Å²) in [6, 6.07) is 9.33. The maximum atomic E-state index is 11.8. The van der Waals surface area contributed by atoms with Gasteiger partial charge < -0.3 is 4.74 Å². The monoisotopic (exact) mass is 274 g/mol. The van der Waals surface area contributed by atoms with Gasteiger partial charge in [0, 0.05) is 5.69 Å². The van der Waals surface area contributed by atoms with Crippen molar-refractivity contribution in [2.45, 2.75) is 27.4 Å². The second-order valence-corrected chi connectivity index (χ2v) is 3.79. The van der Waals surface area contributed by atoms with Gasteiger partial charge in [-0.05, 0) is 12.5 Å². The Morgan fingerprint density at radius 2 is 1.95 bits per heavy atom. The lowest BCUT2D eigenvalue weighted by atomic mass is 10.2. The Morgan fingerprint density at radius 3 is 2.55 bits per heavy atom. The van der Waals surface area contributed by atoms with Crippen molar-refractivity contribution < 1.29 is 14.3 Å². The quantitative estimate of drug-likeness (QED) is 0.687. The van der Waals surface area contributed by atoms with Crippen LogP contribution in [0.5, 0.6) is 0 Å². The molecule has 0 aliphatic heterocycles. The predicted molar refractivity (Wildman–Crippen MR) is 75.6 cm³/mol. The van der Waals surface area contributed by atoms with Gasteiger partial charge in [-0.15, -0.1) is 0 Å². The van der Waals surface area contributed by atoms with Gasteiger partial charge in [-0.3, -0.25) is 9.89 Å². The second kappa shape index (κ2) is 7.89. The van der Waals surface area contributed by atoms with E-state index in [2.05, 4.69) is 10.2 Å². The summed E-state index contributed by atoms with van der Waals surface area (Å²) in [5.41, 5.74) is 1.68. The second-order valence-electron chi connectivity index (χ2n) is 3.79. The molecule has 0 saturated heterocycles. The van der Waals surface area contributed by atoms with Gasteiger partial charge in [0.2, 0.25) is 0 Å². The van der Waals surface area contributed by atoms with Crippen molar-refractivity contribution in [3.63, 3.8) is 0 Å². The zero-order valence-corrected chi connectivity index (χ0v) is 11.8. The number of nitrogens with zero attached hydrogens (tertiary/aromatic N) is 1. The molecule has 1 aromatic carbocycles. The smallest absolute Gasteiger partial charge is 0.342 e. The molecule has 0 amide bonds. The summed E-state index contributed by atoms with van der Waals surface area (Å²) in [7, 11) is 0. The number of ether oxygens (including phenoxy) is 1. The molecule has 20 heavy (non-hydrogen) atoms. The largest absolute Gasteiger partial charge is 0.457 e. The van der Waals surface area contributed by atoms with Gasteiger partial charge in [-0.1, -0.05) is 44.2 Å². The molecule has 2 rings (SSSR count). The van der Waals surface area contributed by atoms with Gasteiger partial charge >= 0.3 is 5.97 Å². The summed E-state index contributed by atoms with van der Waals surface area (Å²) in [6.45, 7) is 5.84. The van der Waals surface area contributed by atoms with E-state index >= 15 is 0 Å². The number of nitrogens with one attached hydrogen (secondary N) is 1. The SMILES string of the molecule is CC.Cc1[nH]nc(C=O)c1C(=O)OCc1ccccc1. The molecule has 0 radical (unpaired) electrons. The normalized spacial score (nSPS) is 9.35. The highest BCUT2D eigenvalue weighted by Crippen LogP contribution is 2.11. The molecule has 5 nitrogen and oxygen atoms in total. The van der Waals surface area contributed by atoms with Crippen LogP contribution in [0.25, 0.3) is 0 Å². The van der Waals surface area contributed by atoms with Gasteiger partial charge in [0.05, 0.1) is 0 Å². The van der Waals surface area contributed by atoms with Crippen LogP contribution in [0.1, 0.15) is 46.0 Å². The van der Waals surface area contributed by atoms with Crippen LogP contribution in [0.2, 0.25) is 0 Å². The highest BCUT2D eigenvalue weighted by molar-refractivity contribution is 5.98. The lowest BCUT2D eigenvalue weighted by Gasteiger charge is -2.04. The minimum absolute atomic E-state index is 0.0746. The third kappa shape index (κ3) is 3.78. The van der Waals surface area contributed by atoms with Gasteiger partial charge in [0.25, 0.3) is 0 Å². The number of esters is 1. The number of benzene rings is 1. The number of aldehydes is 1. The van der Waals surface area contributed by atoms with Crippen LogP contribution in [0, 0.1) is 6.92 Å². The maximum absolute atomic E-state index is 11.8. The summed E-state index contributed by atoms with van der Waals surface area (Å²) in [6.07, 6.45) is 0.530. The molecular formula is C15H18N2O3. The number of carbonyl (C=O) groups is 2. The van der Waals surface area contributed by atoms with Gasteiger partial charge in [0.1, 0.15) is 17.9 Å². The number of rotatable bonds is 4. The summed E-state index contributed by atoms with van der Waals surface area (Å²) in [4.78, 5) is 22.6. The van der Waals surface area contributed by atoms with E-state index in [0.29, 0.717) is 12.0 Å². The number of H-pyrrole nitrogens is 1. The third-order valence-electron chi connectivity index (χ3n) is 2.50. The molecule has 106 valence electrons. The van der Waals surface area contributed by atoms with Crippen LogP contribution in [0.15, 0.2) is 30.3 Å². The Bertz CT molecular complexity index is 562. The number of hydrogen-bond acceptors (Lipinski definition) is 4. The third-order valence-corrected chi connectivity index (χ3v) is 2.50. The van der Waals surface area contributed by atoms with Crippen molar-refractivity contribution in [3.8, 4) is 0 Å². The van der Waals surface area contributed by atoms with Crippen molar-refractivity contribution in [2.24, 2.45) is 0 Å². The number of aromatic amines is 1. The molecule has 1 aromatic heterocycles. The first kappa shape index (κ1) is 15.6. The number of aromatic nitrogens is 2. The molecule has 0 spiro atoms. The van der Waals surface area contributed by atoms with Gasteiger partial charge in [0.15, 0.2) is 6.29 Å². The predicted octanol–water partition coefficient (Wildman–Crippen LogP) is 2.91. The average molecular weight is 274 g/mol. The van der Waals surface area contributed by atoms with Crippen molar-refractivity contribution in [2.75, 3.05) is 0 Å². The summed E-state index contributed by atoms with van der Waals surface area (Å²) < 4.78 is 5.14. The number of carbonyl (C=O) groups excluding carboxylic acids is 2. The van der Waals surface area contributed by atoms with E-state index < -0.39 is 5.97 Å². The molecule has 0 atom stereocenters. The van der Waals surface area contributed by atoms with Crippen molar-refractivity contribution >= 4 is 12.3 Å². The molecular weight excluding hydrogens is 256 g/mol. The fourth-order valence-electron chi connectivity index (χ4n) is 1.59. The summed E-state index contributed by atoms with van der Waals surface area (Å²) in [5.74, 6) is -0.549. The highest BCUT2D eigenvalue weighted by atomic mass is 16.5. The standard InChI is InChI=1S/C13H12N2O3.C2H6/c1-9-12(11(7-16)15-14-9)13(17)18-8-10-5-3-2-4-6-10;1-2/h2-7H,8H2,1H3,(H,14,15);1-2H3. The van der Waals surface area contributed by atoms with E-state index in [1.54, 1.807) is 6.92 Å². The van der Waals surface area contributed by atoms with Crippen molar-refractivity contribution in [1.29, 1.82) is 0 Å². The maximum Gasteiger partial charge on any atom is 0.342 e. The first-order valence-electron chi connectivity index (χ1n) is 6.43. The Hall–Kier alpha value is -2.43. The highest BCUT2D eigenvalue weighted by Gasteiger charge is 2.18. The average Bonchev–Trinajstić information content (AvgIpc) is 2.89. The van der Waals surface area contributed by atoms with Crippen LogP contribution in [-0.4, -0.2) is 22.5 Å². The van der Waals surface area contributed by atoms with E-state index in [4.69, 9.17) is 4.74 Å². The van der Waals surface area contributed by atoms with E-state index in [0.717, 1.165) is 5.56 Å². The molecule has 0 saturated carbocycles. The van der Waals surface area contributed by atoms with Crippen molar-refractivity contribution in [3.05, 3.63) is 52.8 Å². The van der Waals surface area contributed by atoms with Crippen LogP contribution < -0.4 is 0 Å². The van der Waals surface area contributed by atoms with Crippen molar-refractivity contribution in [1.82, 2.24) is 10.2 Å². The molecule has 0 aliphatic carbocycles.